The van der Waals surface area contributed by atoms with E-state index in [4.69, 9.17) is 5.26 Å². The molecule has 2 atom stereocenters. The van der Waals surface area contributed by atoms with Crippen molar-refractivity contribution in [3.8, 4) is 6.07 Å². The maximum absolute atomic E-state index is 8.66. The Hall–Kier alpha value is -0.510. The van der Waals surface area contributed by atoms with Gasteiger partial charge in [-0.25, -0.2) is 0 Å². The maximum atomic E-state index is 8.66. The second-order valence-electron chi connectivity index (χ2n) is 4.03. The molecule has 2 unspecified atom stereocenters. The molecule has 1 heteroatoms. The normalized spacial score (nSPS) is 38.1. The third-order valence-corrected chi connectivity index (χ3v) is 3.26. The van der Waals surface area contributed by atoms with E-state index in [0.29, 0.717) is 5.92 Å². The van der Waals surface area contributed by atoms with Crippen LogP contribution in [0.15, 0.2) is 0 Å². The lowest BCUT2D eigenvalue weighted by Crippen LogP contribution is -2.08. The molecule has 0 aromatic rings. The fraction of sp³-hybridized carbons (Fsp3) is 0.900. The standard InChI is InChI=1S/C10H15N/c11-7-9-6-10(9)8-4-2-1-3-5-8/h8-10H,1-6H2. The number of rotatable bonds is 1. The number of hydrogen-bond donors (Lipinski definition) is 0. The molecule has 0 saturated heterocycles. The molecule has 0 N–H and O–H groups in total. The lowest BCUT2D eigenvalue weighted by atomic mass is 9.85. The van der Waals surface area contributed by atoms with Crippen LogP contribution in [0.4, 0.5) is 0 Å². The van der Waals surface area contributed by atoms with Gasteiger partial charge in [0.25, 0.3) is 0 Å². The molecule has 11 heavy (non-hydrogen) atoms. The molecule has 2 aliphatic rings. The molecule has 1 nitrogen and oxygen atoms in total. The van der Waals surface area contributed by atoms with Gasteiger partial charge in [-0.15, -0.1) is 0 Å². The van der Waals surface area contributed by atoms with Crippen molar-refractivity contribution in [1.82, 2.24) is 0 Å². The van der Waals surface area contributed by atoms with Crippen molar-refractivity contribution in [3.05, 3.63) is 0 Å². The summed E-state index contributed by atoms with van der Waals surface area (Å²) < 4.78 is 0. The summed E-state index contributed by atoms with van der Waals surface area (Å²) in [7, 11) is 0. The van der Waals surface area contributed by atoms with Gasteiger partial charge in [0.2, 0.25) is 0 Å². The molecule has 0 aromatic heterocycles. The van der Waals surface area contributed by atoms with E-state index in [1.807, 2.05) is 0 Å². The van der Waals surface area contributed by atoms with Gasteiger partial charge in [-0.3, -0.25) is 0 Å². The number of nitriles is 1. The quantitative estimate of drug-likeness (QED) is 0.562. The van der Waals surface area contributed by atoms with Gasteiger partial charge in [-0.1, -0.05) is 32.1 Å². The summed E-state index contributed by atoms with van der Waals surface area (Å²) in [4.78, 5) is 0. The van der Waals surface area contributed by atoms with Crippen LogP contribution in [0.1, 0.15) is 38.5 Å². The summed E-state index contributed by atoms with van der Waals surface area (Å²) in [5.41, 5.74) is 0. The van der Waals surface area contributed by atoms with Crippen LogP contribution in [0.5, 0.6) is 0 Å². The zero-order chi connectivity index (χ0) is 7.68. The zero-order valence-electron chi connectivity index (χ0n) is 6.92. The predicted octanol–water partition coefficient (Wildman–Crippen LogP) is 2.73. The third kappa shape index (κ3) is 1.40. The Morgan fingerprint density at radius 2 is 1.82 bits per heavy atom. The predicted molar refractivity (Wildman–Crippen MR) is 43.8 cm³/mol. The summed E-state index contributed by atoms with van der Waals surface area (Å²) >= 11 is 0. The Bertz CT molecular complexity index is 174. The third-order valence-electron chi connectivity index (χ3n) is 3.26. The minimum atomic E-state index is 0.443. The Labute approximate surface area is 68.4 Å². The van der Waals surface area contributed by atoms with Gasteiger partial charge in [0.05, 0.1) is 6.07 Å². The van der Waals surface area contributed by atoms with Gasteiger partial charge in [-0.05, 0) is 18.3 Å². The van der Waals surface area contributed by atoms with E-state index in [2.05, 4.69) is 6.07 Å². The molecule has 2 fully saturated rings. The van der Waals surface area contributed by atoms with Gasteiger partial charge in [0, 0.05) is 5.92 Å². The van der Waals surface area contributed by atoms with Crippen LogP contribution in [-0.2, 0) is 0 Å². The molecule has 0 aliphatic heterocycles. The first-order valence-electron chi connectivity index (χ1n) is 4.81. The van der Waals surface area contributed by atoms with E-state index in [1.54, 1.807) is 0 Å². The summed E-state index contributed by atoms with van der Waals surface area (Å²) in [6.07, 6.45) is 8.28. The number of nitrogens with zero attached hydrogens (tertiary/aromatic N) is 1. The molecule has 60 valence electrons. The fourth-order valence-electron chi connectivity index (χ4n) is 2.45. The summed E-state index contributed by atoms with van der Waals surface area (Å²) in [5.74, 6) is 2.17. The van der Waals surface area contributed by atoms with Crippen molar-refractivity contribution in [2.45, 2.75) is 38.5 Å². The maximum Gasteiger partial charge on any atom is 0.0658 e. The van der Waals surface area contributed by atoms with E-state index < -0.39 is 0 Å². The smallest absolute Gasteiger partial charge is 0.0658 e. The molecule has 0 radical (unpaired) electrons. The van der Waals surface area contributed by atoms with Crippen LogP contribution in [-0.4, -0.2) is 0 Å². The molecular weight excluding hydrogens is 134 g/mol. The lowest BCUT2D eigenvalue weighted by Gasteiger charge is -2.20. The molecular formula is C10H15N. The molecule has 2 rings (SSSR count). The van der Waals surface area contributed by atoms with E-state index in [9.17, 15) is 0 Å². The molecule has 0 bridgehead atoms. The lowest BCUT2D eigenvalue weighted by molar-refractivity contribution is 0.316. The minimum absolute atomic E-state index is 0.443. The topological polar surface area (TPSA) is 23.8 Å². The van der Waals surface area contributed by atoms with Crippen molar-refractivity contribution in [1.29, 1.82) is 5.26 Å². The molecule has 0 amide bonds. The second kappa shape index (κ2) is 2.85. The Morgan fingerprint density at radius 3 is 2.36 bits per heavy atom. The number of hydrogen-bond acceptors (Lipinski definition) is 1. The first-order chi connectivity index (χ1) is 5.42. The summed E-state index contributed by atoms with van der Waals surface area (Å²) in [5, 5.41) is 8.66. The van der Waals surface area contributed by atoms with Crippen molar-refractivity contribution < 1.29 is 0 Å². The zero-order valence-corrected chi connectivity index (χ0v) is 6.92. The van der Waals surface area contributed by atoms with Crippen LogP contribution < -0.4 is 0 Å². The van der Waals surface area contributed by atoms with Gasteiger partial charge < -0.3 is 0 Å². The van der Waals surface area contributed by atoms with Crippen LogP contribution in [0.2, 0.25) is 0 Å². The first-order valence-corrected chi connectivity index (χ1v) is 4.81. The molecule has 0 aromatic carbocycles. The van der Waals surface area contributed by atoms with Crippen LogP contribution >= 0.6 is 0 Å². The molecule has 2 aliphatic carbocycles. The summed E-state index contributed by atoms with van der Waals surface area (Å²) in [6, 6.07) is 2.39. The van der Waals surface area contributed by atoms with Gasteiger partial charge in [0.15, 0.2) is 0 Å². The van der Waals surface area contributed by atoms with Crippen molar-refractivity contribution in [3.63, 3.8) is 0 Å². The van der Waals surface area contributed by atoms with E-state index >= 15 is 0 Å². The van der Waals surface area contributed by atoms with Crippen LogP contribution in [0.25, 0.3) is 0 Å². The molecule has 0 heterocycles. The largest absolute Gasteiger partial charge is 0.198 e. The molecule has 0 spiro atoms. The molecule has 2 saturated carbocycles. The Kier molecular flexibility index (Phi) is 1.85. The monoisotopic (exact) mass is 149 g/mol. The van der Waals surface area contributed by atoms with Gasteiger partial charge in [-0.2, -0.15) is 5.26 Å². The van der Waals surface area contributed by atoms with Crippen molar-refractivity contribution >= 4 is 0 Å². The highest BCUT2D eigenvalue weighted by molar-refractivity contribution is 5.04. The van der Waals surface area contributed by atoms with Crippen molar-refractivity contribution in [2.75, 3.05) is 0 Å². The van der Waals surface area contributed by atoms with Crippen LogP contribution in [0.3, 0.4) is 0 Å². The van der Waals surface area contributed by atoms with Gasteiger partial charge in [0.1, 0.15) is 0 Å². The highest BCUT2D eigenvalue weighted by Crippen LogP contribution is 2.48. The van der Waals surface area contributed by atoms with Gasteiger partial charge >= 0.3 is 0 Å². The average Bonchev–Trinajstić information content (AvgIpc) is 2.85. The second-order valence-corrected chi connectivity index (χ2v) is 4.03. The van der Waals surface area contributed by atoms with Crippen LogP contribution in [0, 0.1) is 29.1 Å². The Morgan fingerprint density at radius 1 is 1.09 bits per heavy atom. The van der Waals surface area contributed by atoms with E-state index in [-0.39, 0.29) is 0 Å². The van der Waals surface area contributed by atoms with E-state index in [1.165, 1.54) is 38.5 Å². The van der Waals surface area contributed by atoms with Crippen molar-refractivity contribution in [2.24, 2.45) is 17.8 Å². The Balaban J connectivity index is 1.83. The highest BCUT2D eigenvalue weighted by atomic mass is 14.5. The first kappa shape index (κ1) is 7.16. The minimum Gasteiger partial charge on any atom is -0.198 e. The average molecular weight is 149 g/mol. The highest BCUT2D eigenvalue weighted by Gasteiger charge is 2.42. The fourth-order valence-corrected chi connectivity index (χ4v) is 2.45. The summed E-state index contributed by atoms with van der Waals surface area (Å²) in [6.45, 7) is 0. The van der Waals surface area contributed by atoms with E-state index in [0.717, 1.165) is 11.8 Å². The SMILES string of the molecule is N#CC1CC1C1CCCCC1.